The second-order valence-electron chi connectivity index (χ2n) is 4.97. The Kier molecular flexibility index (Phi) is 5.01. The summed E-state index contributed by atoms with van der Waals surface area (Å²) >= 11 is 3.40. The Morgan fingerprint density at radius 1 is 1.43 bits per heavy atom. The molecule has 6 heteroatoms. The maximum Gasteiger partial charge on any atom is 0.236 e. The van der Waals surface area contributed by atoms with Crippen LogP contribution in [-0.4, -0.2) is 24.0 Å². The molecular formula is C15H19BrN4O. The molecule has 0 aliphatic carbocycles. The summed E-state index contributed by atoms with van der Waals surface area (Å²) in [6, 6.07) is 5.67. The third-order valence-corrected chi connectivity index (χ3v) is 3.73. The molecule has 0 saturated heterocycles. The molecular weight excluding hydrogens is 332 g/mol. The van der Waals surface area contributed by atoms with Crippen molar-refractivity contribution >= 4 is 44.1 Å². The maximum atomic E-state index is 11.3. The summed E-state index contributed by atoms with van der Waals surface area (Å²) in [7, 11) is 0. The largest absolute Gasteiger partial charge is 0.398 e. The van der Waals surface area contributed by atoms with Crippen molar-refractivity contribution in [2.75, 3.05) is 23.7 Å². The first-order valence-electron chi connectivity index (χ1n) is 6.90. The maximum absolute atomic E-state index is 11.3. The van der Waals surface area contributed by atoms with E-state index < -0.39 is 0 Å². The molecule has 21 heavy (non-hydrogen) atoms. The fourth-order valence-corrected chi connectivity index (χ4v) is 2.61. The zero-order chi connectivity index (χ0) is 15.4. The Morgan fingerprint density at radius 3 is 2.86 bits per heavy atom. The van der Waals surface area contributed by atoms with Crippen molar-refractivity contribution in [2.24, 2.45) is 5.73 Å². The minimum Gasteiger partial charge on any atom is -0.398 e. The number of halogens is 1. The molecule has 2 rings (SSSR count). The first-order chi connectivity index (χ1) is 10.0. The lowest BCUT2D eigenvalue weighted by Crippen LogP contribution is -2.34. The highest BCUT2D eigenvalue weighted by atomic mass is 79.9. The van der Waals surface area contributed by atoms with Crippen LogP contribution >= 0.6 is 15.9 Å². The SMILES string of the molecule is CCCCN(CC(N)=O)c1ccc(N)c2cc(Br)cnc12. The van der Waals surface area contributed by atoms with Crippen molar-refractivity contribution < 1.29 is 4.79 Å². The van der Waals surface area contributed by atoms with Crippen molar-refractivity contribution in [3.8, 4) is 0 Å². The van der Waals surface area contributed by atoms with E-state index in [0.717, 1.165) is 40.4 Å². The van der Waals surface area contributed by atoms with Gasteiger partial charge >= 0.3 is 0 Å². The minimum absolute atomic E-state index is 0.177. The molecule has 0 saturated carbocycles. The van der Waals surface area contributed by atoms with Crippen molar-refractivity contribution in [1.29, 1.82) is 0 Å². The third-order valence-electron chi connectivity index (χ3n) is 3.30. The van der Waals surface area contributed by atoms with E-state index in [1.165, 1.54) is 0 Å². The molecule has 112 valence electrons. The molecule has 0 unspecified atom stereocenters. The molecule has 0 bridgehead atoms. The second kappa shape index (κ2) is 6.76. The predicted octanol–water partition coefficient (Wildman–Crippen LogP) is 2.67. The van der Waals surface area contributed by atoms with E-state index in [1.807, 2.05) is 23.1 Å². The molecule has 2 aromatic rings. The van der Waals surface area contributed by atoms with Gasteiger partial charge in [-0.1, -0.05) is 13.3 Å². The number of aromatic nitrogens is 1. The number of unbranched alkanes of at least 4 members (excludes halogenated alkanes) is 1. The van der Waals surface area contributed by atoms with Gasteiger partial charge < -0.3 is 16.4 Å². The summed E-state index contributed by atoms with van der Waals surface area (Å²) in [5.74, 6) is -0.354. The van der Waals surface area contributed by atoms with Crippen LogP contribution in [0.3, 0.4) is 0 Å². The number of carbonyl (C=O) groups excluding carboxylic acids is 1. The number of nitrogens with two attached hydrogens (primary N) is 2. The first-order valence-corrected chi connectivity index (χ1v) is 7.69. The Morgan fingerprint density at radius 2 is 2.19 bits per heavy atom. The first kappa shape index (κ1) is 15.6. The summed E-state index contributed by atoms with van der Waals surface area (Å²) in [4.78, 5) is 17.8. The number of nitrogens with zero attached hydrogens (tertiary/aromatic N) is 2. The van der Waals surface area contributed by atoms with Crippen molar-refractivity contribution in [2.45, 2.75) is 19.8 Å². The minimum atomic E-state index is -0.354. The van der Waals surface area contributed by atoms with Crippen LogP contribution in [0.25, 0.3) is 10.9 Å². The number of pyridine rings is 1. The Balaban J connectivity index is 2.51. The van der Waals surface area contributed by atoms with Crippen LogP contribution in [0.2, 0.25) is 0 Å². The number of anilines is 2. The van der Waals surface area contributed by atoms with Gasteiger partial charge in [0.05, 0.1) is 17.7 Å². The van der Waals surface area contributed by atoms with Gasteiger partial charge in [0.1, 0.15) is 0 Å². The quantitative estimate of drug-likeness (QED) is 0.784. The normalized spacial score (nSPS) is 10.8. The molecule has 5 nitrogen and oxygen atoms in total. The smallest absolute Gasteiger partial charge is 0.236 e. The van der Waals surface area contributed by atoms with Gasteiger partial charge in [0.2, 0.25) is 5.91 Å². The van der Waals surface area contributed by atoms with E-state index in [-0.39, 0.29) is 12.5 Å². The molecule has 1 aromatic heterocycles. The highest BCUT2D eigenvalue weighted by molar-refractivity contribution is 9.10. The van der Waals surface area contributed by atoms with Gasteiger partial charge in [-0.05, 0) is 40.5 Å². The second-order valence-corrected chi connectivity index (χ2v) is 5.88. The Labute approximate surface area is 132 Å². The number of carbonyl (C=O) groups is 1. The molecule has 1 aromatic carbocycles. The van der Waals surface area contributed by atoms with Crippen LogP contribution in [0.5, 0.6) is 0 Å². The lowest BCUT2D eigenvalue weighted by atomic mass is 10.1. The summed E-state index contributed by atoms with van der Waals surface area (Å²) in [5, 5.41) is 0.868. The van der Waals surface area contributed by atoms with Crippen molar-refractivity contribution in [3.63, 3.8) is 0 Å². The van der Waals surface area contributed by atoms with Crippen molar-refractivity contribution in [3.05, 3.63) is 28.9 Å². The van der Waals surface area contributed by atoms with Crippen LogP contribution in [-0.2, 0) is 4.79 Å². The molecule has 1 heterocycles. The number of fused-ring (bicyclic) bond motifs is 1. The zero-order valence-electron chi connectivity index (χ0n) is 12.0. The van der Waals surface area contributed by atoms with Gasteiger partial charge in [-0.2, -0.15) is 0 Å². The summed E-state index contributed by atoms with van der Waals surface area (Å²) in [6.45, 7) is 3.05. The van der Waals surface area contributed by atoms with Gasteiger partial charge in [-0.15, -0.1) is 0 Å². The monoisotopic (exact) mass is 350 g/mol. The van der Waals surface area contributed by atoms with Crippen LogP contribution in [0, 0.1) is 0 Å². The average Bonchev–Trinajstić information content (AvgIpc) is 2.44. The van der Waals surface area contributed by atoms with E-state index in [9.17, 15) is 4.79 Å². The van der Waals surface area contributed by atoms with E-state index in [1.54, 1.807) is 6.20 Å². The number of benzene rings is 1. The topological polar surface area (TPSA) is 85.2 Å². The van der Waals surface area contributed by atoms with E-state index >= 15 is 0 Å². The van der Waals surface area contributed by atoms with Crippen LogP contribution in [0.4, 0.5) is 11.4 Å². The number of primary amides is 1. The van der Waals surface area contributed by atoms with Gasteiger partial charge in [-0.3, -0.25) is 9.78 Å². The standard InChI is InChI=1S/C15H19BrN4O/c1-2-3-6-20(9-14(18)21)13-5-4-12(17)11-7-10(16)8-19-15(11)13/h4-5,7-8H,2-3,6,9,17H2,1H3,(H2,18,21). The molecule has 0 spiro atoms. The Bertz CT molecular complexity index is 659. The highest BCUT2D eigenvalue weighted by Gasteiger charge is 2.14. The van der Waals surface area contributed by atoms with Crippen LogP contribution in [0.15, 0.2) is 28.9 Å². The van der Waals surface area contributed by atoms with Gasteiger partial charge in [0.25, 0.3) is 0 Å². The van der Waals surface area contributed by atoms with Gasteiger partial charge in [0, 0.05) is 28.3 Å². The van der Waals surface area contributed by atoms with Crippen molar-refractivity contribution in [1.82, 2.24) is 4.98 Å². The molecule has 4 N–H and O–H groups in total. The lowest BCUT2D eigenvalue weighted by Gasteiger charge is -2.24. The lowest BCUT2D eigenvalue weighted by molar-refractivity contribution is -0.116. The summed E-state index contributed by atoms with van der Waals surface area (Å²) in [5.41, 5.74) is 13.7. The highest BCUT2D eigenvalue weighted by Crippen LogP contribution is 2.31. The number of hydrogen-bond donors (Lipinski definition) is 2. The molecule has 0 aliphatic rings. The molecule has 0 atom stereocenters. The van der Waals surface area contributed by atoms with Crippen LogP contribution < -0.4 is 16.4 Å². The molecule has 0 radical (unpaired) electrons. The summed E-state index contributed by atoms with van der Waals surface area (Å²) in [6.07, 6.45) is 3.75. The Hall–Kier alpha value is -1.82. The van der Waals surface area contributed by atoms with E-state index in [2.05, 4.69) is 27.8 Å². The number of amides is 1. The molecule has 0 aliphatic heterocycles. The van der Waals surface area contributed by atoms with Gasteiger partial charge in [-0.25, -0.2) is 0 Å². The predicted molar refractivity (Wildman–Crippen MR) is 90.2 cm³/mol. The fourth-order valence-electron chi connectivity index (χ4n) is 2.28. The van der Waals surface area contributed by atoms with Crippen LogP contribution in [0.1, 0.15) is 19.8 Å². The van der Waals surface area contributed by atoms with Gasteiger partial charge in [0.15, 0.2) is 0 Å². The third kappa shape index (κ3) is 3.64. The molecule has 1 amide bonds. The molecule has 0 fully saturated rings. The summed E-state index contributed by atoms with van der Waals surface area (Å²) < 4.78 is 0.869. The number of rotatable bonds is 6. The van der Waals surface area contributed by atoms with E-state index in [0.29, 0.717) is 5.69 Å². The van der Waals surface area contributed by atoms with E-state index in [4.69, 9.17) is 11.5 Å². The number of hydrogen-bond acceptors (Lipinski definition) is 4. The fraction of sp³-hybridized carbons (Fsp3) is 0.333. The zero-order valence-corrected chi connectivity index (χ0v) is 13.6. The number of nitrogen functional groups attached to an aromatic ring is 1. The average molecular weight is 351 g/mol.